The van der Waals surface area contributed by atoms with Crippen LogP contribution < -0.4 is 4.72 Å². The van der Waals surface area contributed by atoms with Gasteiger partial charge in [0, 0.05) is 31.3 Å². The molecule has 0 radical (unpaired) electrons. The lowest BCUT2D eigenvalue weighted by molar-refractivity contribution is 0.325. The molecule has 0 aliphatic heterocycles. The lowest BCUT2D eigenvalue weighted by atomic mass is 9.93. The molecular weight excluding hydrogens is 316 g/mol. The number of rotatable bonds is 5. The van der Waals surface area contributed by atoms with Crippen molar-refractivity contribution in [1.29, 1.82) is 0 Å². The first kappa shape index (κ1) is 16.2. The predicted molar refractivity (Wildman–Crippen MR) is 84.4 cm³/mol. The lowest BCUT2D eigenvalue weighted by Crippen LogP contribution is -2.26. The summed E-state index contributed by atoms with van der Waals surface area (Å²) < 4.78 is 34.0. The topological polar surface area (TPSA) is 90.0 Å². The average Bonchev–Trinajstić information content (AvgIpc) is 2.87. The van der Waals surface area contributed by atoms with E-state index >= 15 is 0 Å². The van der Waals surface area contributed by atoms with Gasteiger partial charge in [0.05, 0.1) is 11.9 Å². The van der Waals surface area contributed by atoms with Crippen LogP contribution in [0.4, 0.5) is 0 Å². The molecule has 8 heteroatoms. The first-order chi connectivity index (χ1) is 10.7. The van der Waals surface area contributed by atoms with E-state index in [1.807, 2.05) is 40.2 Å². The smallest absolute Gasteiger partial charge is 0.276 e. The van der Waals surface area contributed by atoms with Crippen molar-refractivity contribution in [2.45, 2.75) is 43.6 Å². The first-order valence-corrected chi connectivity index (χ1v) is 9.10. The third kappa shape index (κ3) is 3.48. The highest BCUT2D eigenvalue weighted by Crippen LogP contribution is 2.46. The van der Waals surface area contributed by atoms with Gasteiger partial charge in [-0.25, -0.2) is 13.1 Å². The molecular formula is C15H22N4O3S. The maximum absolute atomic E-state index is 12.3. The van der Waals surface area contributed by atoms with E-state index in [-0.39, 0.29) is 10.5 Å². The second kappa shape index (κ2) is 5.45. The van der Waals surface area contributed by atoms with E-state index in [1.165, 1.54) is 6.07 Å². The molecule has 126 valence electrons. The maximum Gasteiger partial charge on any atom is 0.276 e. The fraction of sp³-hybridized carbons (Fsp3) is 0.600. The van der Waals surface area contributed by atoms with Crippen LogP contribution in [0.25, 0.3) is 0 Å². The molecule has 1 aliphatic carbocycles. The van der Waals surface area contributed by atoms with Crippen molar-refractivity contribution in [3.8, 4) is 0 Å². The van der Waals surface area contributed by atoms with Gasteiger partial charge in [0.2, 0.25) is 0 Å². The van der Waals surface area contributed by atoms with Crippen molar-refractivity contribution in [3.05, 3.63) is 29.7 Å². The van der Waals surface area contributed by atoms with Gasteiger partial charge in [0.25, 0.3) is 15.1 Å². The molecule has 1 aliphatic rings. The highest BCUT2D eigenvalue weighted by molar-refractivity contribution is 7.89. The molecule has 1 fully saturated rings. The van der Waals surface area contributed by atoms with Crippen LogP contribution in [0.2, 0.25) is 0 Å². The van der Waals surface area contributed by atoms with E-state index in [2.05, 4.69) is 15.0 Å². The number of hydrogen-bond acceptors (Lipinski definition) is 5. The summed E-state index contributed by atoms with van der Waals surface area (Å²) in [6.07, 6.45) is 4.79. The van der Waals surface area contributed by atoms with Crippen LogP contribution in [-0.4, -0.2) is 29.9 Å². The van der Waals surface area contributed by atoms with Gasteiger partial charge in [-0.1, -0.05) is 25.9 Å². The van der Waals surface area contributed by atoms with Crippen molar-refractivity contribution in [2.24, 2.45) is 13.0 Å². The Labute approximate surface area is 136 Å². The lowest BCUT2D eigenvalue weighted by Gasteiger charge is -2.12. The predicted octanol–water partition coefficient (Wildman–Crippen LogP) is 1.79. The monoisotopic (exact) mass is 338 g/mol. The molecule has 1 N–H and O–H groups in total. The Hall–Kier alpha value is -1.67. The third-order valence-electron chi connectivity index (χ3n) is 4.13. The molecule has 0 unspecified atom stereocenters. The van der Waals surface area contributed by atoms with Crippen molar-refractivity contribution < 1.29 is 12.9 Å². The van der Waals surface area contributed by atoms with Crippen molar-refractivity contribution in [1.82, 2.24) is 19.7 Å². The zero-order chi connectivity index (χ0) is 16.8. The van der Waals surface area contributed by atoms with Gasteiger partial charge in [-0.15, -0.1) is 0 Å². The van der Waals surface area contributed by atoms with Gasteiger partial charge in [0.1, 0.15) is 0 Å². The summed E-state index contributed by atoms with van der Waals surface area (Å²) in [7, 11) is -1.78. The number of aromatic nitrogens is 3. The largest absolute Gasteiger partial charge is 0.343 e. The average molecular weight is 338 g/mol. The van der Waals surface area contributed by atoms with Crippen molar-refractivity contribution in [3.63, 3.8) is 0 Å². The molecule has 0 saturated heterocycles. The van der Waals surface area contributed by atoms with Crippen LogP contribution in [-0.2, 0) is 22.5 Å². The number of nitrogens with one attached hydrogen (secondary N) is 1. The van der Waals surface area contributed by atoms with Crippen LogP contribution in [0.3, 0.4) is 0 Å². The van der Waals surface area contributed by atoms with Gasteiger partial charge in [0.15, 0.2) is 0 Å². The molecule has 7 nitrogen and oxygen atoms in total. The highest BCUT2D eigenvalue weighted by atomic mass is 32.2. The third-order valence-corrected chi connectivity index (χ3v) is 5.40. The van der Waals surface area contributed by atoms with Gasteiger partial charge < -0.3 is 4.52 Å². The first-order valence-electron chi connectivity index (χ1n) is 7.62. The van der Waals surface area contributed by atoms with E-state index in [4.69, 9.17) is 4.52 Å². The zero-order valence-electron chi connectivity index (χ0n) is 13.8. The number of hydrogen-bond donors (Lipinski definition) is 1. The molecule has 0 bridgehead atoms. The molecule has 0 amide bonds. The Kier molecular flexibility index (Phi) is 3.84. The molecule has 0 aromatic carbocycles. The minimum Gasteiger partial charge on any atom is -0.343 e. The number of sulfonamides is 1. The molecule has 23 heavy (non-hydrogen) atoms. The van der Waals surface area contributed by atoms with E-state index < -0.39 is 10.0 Å². The Balaban J connectivity index is 1.61. The molecule has 3 rings (SSSR count). The van der Waals surface area contributed by atoms with Crippen molar-refractivity contribution >= 4 is 10.0 Å². The van der Waals surface area contributed by atoms with Crippen LogP contribution in [0, 0.1) is 5.92 Å². The summed E-state index contributed by atoms with van der Waals surface area (Å²) >= 11 is 0. The second-order valence-electron chi connectivity index (χ2n) is 7.18. The Morgan fingerprint density at radius 3 is 2.74 bits per heavy atom. The van der Waals surface area contributed by atoms with E-state index in [0.29, 0.717) is 24.1 Å². The second-order valence-corrected chi connectivity index (χ2v) is 8.88. The normalized spacial score (nSPS) is 21.6. The highest BCUT2D eigenvalue weighted by Gasteiger charge is 2.40. The summed E-state index contributed by atoms with van der Waals surface area (Å²) in [5.74, 6) is 0.685. The Bertz CT molecular complexity index is 801. The van der Waals surface area contributed by atoms with E-state index in [9.17, 15) is 8.42 Å². The number of nitrogens with zero attached hydrogens (tertiary/aromatic N) is 3. The van der Waals surface area contributed by atoms with Gasteiger partial charge in [-0.05, 0) is 23.8 Å². The van der Waals surface area contributed by atoms with E-state index in [1.54, 1.807) is 4.68 Å². The maximum atomic E-state index is 12.3. The van der Waals surface area contributed by atoms with Gasteiger partial charge in [-0.3, -0.25) is 4.68 Å². The Morgan fingerprint density at radius 1 is 1.43 bits per heavy atom. The van der Waals surface area contributed by atoms with Crippen molar-refractivity contribution in [2.75, 3.05) is 6.54 Å². The zero-order valence-corrected chi connectivity index (χ0v) is 14.6. The summed E-state index contributed by atoms with van der Waals surface area (Å²) in [6.45, 7) is 6.26. The molecule has 1 saturated carbocycles. The molecule has 2 heterocycles. The minimum atomic E-state index is -3.66. The van der Waals surface area contributed by atoms with Crippen LogP contribution in [0.5, 0.6) is 0 Å². The van der Waals surface area contributed by atoms with Gasteiger partial charge >= 0.3 is 0 Å². The van der Waals surface area contributed by atoms with Crippen LogP contribution in [0.1, 0.15) is 44.4 Å². The molecule has 0 spiro atoms. The fourth-order valence-electron chi connectivity index (χ4n) is 2.54. The molecule has 2 aromatic heterocycles. The Morgan fingerprint density at radius 2 is 2.17 bits per heavy atom. The molecule has 2 atom stereocenters. The van der Waals surface area contributed by atoms with E-state index in [0.717, 1.165) is 12.0 Å². The van der Waals surface area contributed by atoms with Crippen LogP contribution >= 0.6 is 0 Å². The summed E-state index contributed by atoms with van der Waals surface area (Å²) in [6, 6.07) is 1.49. The minimum absolute atomic E-state index is 0.124. The standard InChI is InChI=1S/C15H22N4O3S/c1-15(2,3)13-6-14(22-18-13)23(20,21)17-8-10-5-12(10)11-7-16-19(4)9-11/h6-7,9-10,12,17H,5,8H2,1-4H3/t10-,12+/m0/s1. The summed E-state index contributed by atoms with van der Waals surface area (Å²) in [5, 5.41) is 7.88. The SMILES string of the molecule is Cn1cc([C@@H]2C[C@H]2CNS(=O)(=O)c2cc(C(C)(C)C)no2)cn1. The quantitative estimate of drug-likeness (QED) is 0.897. The van der Waals surface area contributed by atoms with Crippen LogP contribution in [0.15, 0.2) is 28.1 Å². The molecule has 2 aromatic rings. The number of aryl methyl sites for hydroxylation is 1. The van der Waals surface area contributed by atoms with Gasteiger partial charge in [-0.2, -0.15) is 5.10 Å². The summed E-state index contributed by atoms with van der Waals surface area (Å²) in [4.78, 5) is 0. The summed E-state index contributed by atoms with van der Waals surface area (Å²) in [5.41, 5.74) is 1.53. The fourth-order valence-corrected chi connectivity index (χ4v) is 3.52.